The van der Waals surface area contributed by atoms with Gasteiger partial charge in [0.2, 0.25) is 21.8 Å². The Bertz CT molecular complexity index is 1120. The Hall–Kier alpha value is -2.29. The number of nitrogens with one attached hydrogen (secondary N) is 1. The van der Waals surface area contributed by atoms with E-state index in [0.717, 1.165) is 16.1 Å². The Morgan fingerprint density at radius 2 is 1.62 bits per heavy atom. The number of para-hydroxylation sites is 1. The summed E-state index contributed by atoms with van der Waals surface area (Å²) in [7, 11) is -3.85. The van der Waals surface area contributed by atoms with Crippen molar-refractivity contribution in [2.45, 2.75) is 52.2 Å². The average Bonchev–Trinajstić information content (AvgIpc) is 2.71. The number of hydrogen-bond acceptors (Lipinski definition) is 4. The molecule has 186 valence electrons. The molecule has 0 aliphatic rings. The average molecular weight is 529 g/mol. The van der Waals surface area contributed by atoms with Gasteiger partial charge in [-0.15, -0.1) is 0 Å². The predicted octanol–water partition coefficient (Wildman–Crippen LogP) is 4.48. The number of anilines is 1. The number of halogens is 2. The second-order valence-electron chi connectivity index (χ2n) is 9.03. The normalized spacial score (nSPS) is 12.7. The standard InChI is InChI=1S/C24H31Cl2N3O4S/c1-6-20(23(31)27-24(2,3)4)28(15-17-11-13-18(25)14-12-17)22(30)16-29(34(5,32)33)21-10-8-7-9-19(21)26/h7-14,20H,6,15-16H2,1-5H3,(H,27,31)/t20-/m0/s1. The molecular weight excluding hydrogens is 497 g/mol. The summed E-state index contributed by atoms with van der Waals surface area (Å²) < 4.78 is 26.2. The highest BCUT2D eigenvalue weighted by molar-refractivity contribution is 7.92. The second kappa shape index (κ2) is 11.4. The summed E-state index contributed by atoms with van der Waals surface area (Å²) in [5.74, 6) is -0.850. The van der Waals surface area contributed by atoms with Crippen LogP contribution in [0.15, 0.2) is 48.5 Å². The van der Waals surface area contributed by atoms with Crippen molar-refractivity contribution in [2.24, 2.45) is 0 Å². The maximum Gasteiger partial charge on any atom is 0.244 e. The van der Waals surface area contributed by atoms with E-state index in [9.17, 15) is 18.0 Å². The van der Waals surface area contributed by atoms with Gasteiger partial charge in [0.25, 0.3) is 0 Å². The number of rotatable bonds is 9. The summed E-state index contributed by atoms with van der Waals surface area (Å²) in [6.07, 6.45) is 1.35. The first kappa shape index (κ1) is 28.0. The Morgan fingerprint density at radius 3 is 2.12 bits per heavy atom. The highest BCUT2D eigenvalue weighted by Gasteiger charge is 2.33. The summed E-state index contributed by atoms with van der Waals surface area (Å²) in [5.41, 5.74) is 0.442. The van der Waals surface area contributed by atoms with Crippen molar-refractivity contribution < 1.29 is 18.0 Å². The fourth-order valence-electron chi connectivity index (χ4n) is 3.41. The number of carbonyl (C=O) groups excluding carboxylic acids is 2. The van der Waals surface area contributed by atoms with Gasteiger partial charge in [-0.05, 0) is 57.0 Å². The minimum Gasteiger partial charge on any atom is -0.350 e. The SMILES string of the molecule is CC[C@@H](C(=O)NC(C)(C)C)N(Cc1ccc(Cl)cc1)C(=O)CN(c1ccccc1Cl)S(C)(=O)=O. The van der Waals surface area contributed by atoms with Crippen LogP contribution in [0.25, 0.3) is 0 Å². The van der Waals surface area contributed by atoms with Gasteiger partial charge in [-0.2, -0.15) is 0 Å². The molecule has 0 saturated carbocycles. The molecule has 0 unspecified atom stereocenters. The molecule has 2 aromatic rings. The van der Waals surface area contributed by atoms with Crippen LogP contribution in [0.4, 0.5) is 5.69 Å². The third-order valence-corrected chi connectivity index (χ3v) is 6.65. The highest BCUT2D eigenvalue weighted by atomic mass is 35.5. The topological polar surface area (TPSA) is 86.8 Å². The highest BCUT2D eigenvalue weighted by Crippen LogP contribution is 2.27. The van der Waals surface area contributed by atoms with Crippen molar-refractivity contribution in [3.05, 3.63) is 64.1 Å². The quantitative estimate of drug-likeness (QED) is 0.520. The van der Waals surface area contributed by atoms with E-state index < -0.39 is 34.1 Å². The van der Waals surface area contributed by atoms with E-state index in [1.807, 2.05) is 20.8 Å². The Kier molecular flexibility index (Phi) is 9.39. The van der Waals surface area contributed by atoms with Crippen LogP contribution in [0.5, 0.6) is 0 Å². The maximum absolute atomic E-state index is 13.6. The van der Waals surface area contributed by atoms with E-state index in [2.05, 4.69) is 5.32 Å². The van der Waals surface area contributed by atoms with E-state index in [1.54, 1.807) is 49.4 Å². The van der Waals surface area contributed by atoms with Crippen molar-refractivity contribution in [3.63, 3.8) is 0 Å². The molecule has 0 fully saturated rings. The molecule has 0 spiro atoms. The molecule has 1 atom stereocenters. The van der Waals surface area contributed by atoms with E-state index >= 15 is 0 Å². The van der Waals surface area contributed by atoms with Gasteiger partial charge in [0.05, 0.1) is 17.0 Å². The lowest BCUT2D eigenvalue weighted by atomic mass is 10.1. The first-order valence-corrected chi connectivity index (χ1v) is 13.4. The molecule has 0 heterocycles. The zero-order chi connectivity index (χ0) is 25.7. The molecule has 2 rings (SSSR count). The first-order valence-electron chi connectivity index (χ1n) is 10.8. The number of hydrogen-bond donors (Lipinski definition) is 1. The van der Waals surface area contributed by atoms with Gasteiger partial charge in [0, 0.05) is 17.1 Å². The molecule has 0 radical (unpaired) electrons. The van der Waals surface area contributed by atoms with Gasteiger partial charge >= 0.3 is 0 Å². The van der Waals surface area contributed by atoms with Crippen LogP contribution in [-0.4, -0.2) is 49.5 Å². The maximum atomic E-state index is 13.6. The van der Waals surface area contributed by atoms with Crippen LogP contribution in [-0.2, 0) is 26.2 Å². The molecule has 2 amide bonds. The minimum atomic E-state index is -3.85. The molecule has 0 aliphatic heterocycles. The molecule has 0 aliphatic carbocycles. The van der Waals surface area contributed by atoms with Gasteiger partial charge < -0.3 is 10.2 Å². The summed E-state index contributed by atoms with van der Waals surface area (Å²) in [4.78, 5) is 28.1. The Labute approximate surface area is 212 Å². The van der Waals surface area contributed by atoms with Crippen molar-refractivity contribution in [3.8, 4) is 0 Å². The van der Waals surface area contributed by atoms with E-state index in [0.29, 0.717) is 11.4 Å². The van der Waals surface area contributed by atoms with Crippen molar-refractivity contribution in [1.29, 1.82) is 0 Å². The summed E-state index contributed by atoms with van der Waals surface area (Å²) in [6.45, 7) is 6.96. The molecule has 0 aromatic heterocycles. The smallest absolute Gasteiger partial charge is 0.244 e. The van der Waals surface area contributed by atoms with Gasteiger partial charge in [-0.25, -0.2) is 8.42 Å². The zero-order valence-corrected chi connectivity index (χ0v) is 22.3. The Morgan fingerprint density at radius 1 is 1.03 bits per heavy atom. The summed E-state index contributed by atoms with van der Waals surface area (Å²) in [5, 5.41) is 3.66. The minimum absolute atomic E-state index is 0.103. The fraction of sp³-hybridized carbons (Fsp3) is 0.417. The van der Waals surface area contributed by atoms with Crippen LogP contribution in [0.3, 0.4) is 0 Å². The van der Waals surface area contributed by atoms with Crippen LogP contribution < -0.4 is 9.62 Å². The fourth-order valence-corrected chi connectivity index (χ4v) is 4.68. The molecular formula is C24H31Cl2N3O4S. The predicted molar refractivity (Wildman–Crippen MR) is 138 cm³/mol. The number of amides is 2. The van der Waals surface area contributed by atoms with Gasteiger partial charge in [-0.3, -0.25) is 13.9 Å². The van der Waals surface area contributed by atoms with Gasteiger partial charge in [0.1, 0.15) is 12.6 Å². The van der Waals surface area contributed by atoms with Crippen molar-refractivity contribution in [2.75, 3.05) is 17.1 Å². The lowest BCUT2D eigenvalue weighted by Crippen LogP contribution is -2.55. The molecule has 2 aromatic carbocycles. The zero-order valence-electron chi connectivity index (χ0n) is 20.0. The number of nitrogens with zero attached hydrogens (tertiary/aromatic N) is 2. The first-order chi connectivity index (χ1) is 15.7. The van der Waals surface area contributed by atoms with Crippen LogP contribution in [0.2, 0.25) is 10.0 Å². The largest absolute Gasteiger partial charge is 0.350 e. The van der Waals surface area contributed by atoms with Crippen LogP contribution in [0.1, 0.15) is 39.7 Å². The third kappa shape index (κ3) is 7.89. The molecule has 1 N–H and O–H groups in total. The van der Waals surface area contributed by atoms with E-state index in [4.69, 9.17) is 23.2 Å². The monoisotopic (exact) mass is 527 g/mol. The summed E-state index contributed by atoms with van der Waals surface area (Å²) in [6, 6.07) is 12.5. The lowest BCUT2D eigenvalue weighted by Gasteiger charge is -2.34. The number of benzene rings is 2. The van der Waals surface area contributed by atoms with Gasteiger partial charge in [-0.1, -0.05) is 54.4 Å². The van der Waals surface area contributed by atoms with Crippen LogP contribution >= 0.6 is 23.2 Å². The Balaban J connectivity index is 2.46. The second-order valence-corrected chi connectivity index (χ2v) is 11.8. The number of sulfonamides is 1. The molecule has 10 heteroatoms. The van der Waals surface area contributed by atoms with E-state index in [-0.39, 0.29) is 23.2 Å². The molecule has 0 bridgehead atoms. The van der Waals surface area contributed by atoms with Crippen molar-refractivity contribution in [1.82, 2.24) is 10.2 Å². The third-order valence-electron chi connectivity index (χ3n) is 4.95. The molecule has 7 nitrogen and oxygen atoms in total. The van der Waals surface area contributed by atoms with Gasteiger partial charge in [0.15, 0.2) is 0 Å². The van der Waals surface area contributed by atoms with Crippen LogP contribution in [0, 0.1) is 0 Å². The van der Waals surface area contributed by atoms with E-state index in [1.165, 1.54) is 11.0 Å². The summed E-state index contributed by atoms with van der Waals surface area (Å²) >= 11 is 12.2. The van der Waals surface area contributed by atoms with Crippen molar-refractivity contribution >= 4 is 50.7 Å². The lowest BCUT2D eigenvalue weighted by molar-refractivity contribution is -0.141. The molecule has 34 heavy (non-hydrogen) atoms. The molecule has 0 saturated heterocycles. The number of carbonyl (C=O) groups is 2.